The number of methoxy groups -OCH3 is 2. The van der Waals surface area contributed by atoms with Gasteiger partial charge in [0, 0.05) is 42.1 Å². The van der Waals surface area contributed by atoms with E-state index in [1.54, 1.807) is 7.11 Å². The second-order valence-electron chi connectivity index (χ2n) is 8.51. The van der Waals surface area contributed by atoms with Crippen molar-refractivity contribution >= 4 is 29.1 Å². The fourth-order valence-electron chi connectivity index (χ4n) is 4.19. The largest absolute Gasteiger partial charge is 0.481 e. The zero-order valence-corrected chi connectivity index (χ0v) is 19.9. The molecule has 1 aliphatic carbocycles. The number of hydrogen-bond acceptors (Lipinski definition) is 5. The van der Waals surface area contributed by atoms with Crippen LogP contribution in [0.2, 0.25) is 5.02 Å². The molecule has 2 aromatic rings. The van der Waals surface area contributed by atoms with Crippen LogP contribution in [0.5, 0.6) is 5.88 Å². The highest BCUT2D eigenvalue weighted by Gasteiger charge is 2.28. The molecule has 0 radical (unpaired) electrons. The van der Waals surface area contributed by atoms with Gasteiger partial charge in [-0.3, -0.25) is 9.59 Å². The average Bonchev–Trinajstić information content (AvgIpc) is 3.59. The fraction of sp³-hybridized carbons (Fsp3) is 0.423. The van der Waals surface area contributed by atoms with Gasteiger partial charge in [-0.1, -0.05) is 35.9 Å². The summed E-state index contributed by atoms with van der Waals surface area (Å²) >= 11 is 6.58. The number of pyridine rings is 1. The molecule has 6 nitrogen and oxygen atoms in total. The Bertz CT molecular complexity index is 1080. The van der Waals surface area contributed by atoms with Crippen LogP contribution in [-0.4, -0.2) is 49.1 Å². The first-order valence-electron chi connectivity index (χ1n) is 11.4. The Balaban J connectivity index is 1.66. The van der Waals surface area contributed by atoms with Crippen LogP contribution in [0, 0.1) is 0 Å². The Hall–Kier alpha value is -2.86. The van der Waals surface area contributed by atoms with E-state index >= 15 is 0 Å². The third kappa shape index (κ3) is 5.56. The van der Waals surface area contributed by atoms with E-state index in [1.807, 2.05) is 35.2 Å². The number of halogens is 1. The first-order chi connectivity index (χ1) is 16.0. The number of likely N-dealkylation sites (tertiary alicyclic amines) is 1. The first kappa shape index (κ1) is 23.3. The summed E-state index contributed by atoms with van der Waals surface area (Å²) in [6.45, 7) is 1.29. The number of aryl methyl sites for hydroxylation is 1. The molecule has 0 spiro atoms. The number of hydrogen-bond donors (Lipinski definition) is 0. The Morgan fingerprint density at radius 1 is 1.24 bits per heavy atom. The van der Waals surface area contributed by atoms with E-state index in [2.05, 4.69) is 6.07 Å². The number of nitrogens with zero attached hydrogens (tertiary/aromatic N) is 2. The predicted octanol–water partition coefficient (Wildman–Crippen LogP) is 4.78. The zero-order chi connectivity index (χ0) is 23.4. The second-order valence-corrected chi connectivity index (χ2v) is 8.92. The topological polar surface area (TPSA) is 68.7 Å². The smallest absolute Gasteiger partial charge is 0.305 e. The van der Waals surface area contributed by atoms with Crippen LogP contribution in [-0.2, 0) is 20.7 Å². The number of amides is 1. The van der Waals surface area contributed by atoms with E-state index in [0.717, 1.165) is 40.9 Å². The van der Waals surface area contributed by atoms with Gasteiger partial charge in [0.1, 0.15) is 0 Å². The maximum absolute atomic E-state index is 12.1. The molecule has 1 aromatic heterocycles. The van der Waals surface area contributed by atoms with Gasteiger partial charge < -0.3 is 14.4 Å². The highest BCUT2D eigenvalue weighted by molar-refractivity contribution is 6.31. The summed E-state index contributed by atoms with van der Waals surface area (Å²) in [7, 11) is 3.03. The molecule has 1 aromatic carbocycles. The van der Waals surface area contributed by atoms with E-state index in [-0.39, 0.29) is 18.3 Å². The van der Waals surface area contributed by atoms with E-state index in [9.17, 15) is 9.59 Å². The molecule has 0 atom stereocenters. The van der Waals surface area contributed by atoms with Crippen molar-refractivity contribution < 1.29 is 19.1 Å². The SMILES string of the molecule is COC(=O)CCc1ccc(/C(=C\CN2CCCC2=O)c2ccc(C3CC3)c(OC)n2)cc1Cl. The summed E-state index contributed by atoms with van der Waals surface area (Å²) in [5.74, 6) is 1.09. The zero-order valence-electron chi connectivity index (χ0n) is 19.1. The molecule has 1 aliphatic heterocycles. The molecule has 0 N–H and O–H groups in total. The monoisotopic (exact) mass is 468 g/mol. The molecule has 7 heteroatoms. The van der Waals surface area contributed by atoms with Crippen LogP contribution >= 0.6 is 11.6 Å². The van der Waals surface area contributed by atoms with E-state index in [0.29, 0.717) is 36.2 Å². The highest BCUT2D eigenvalue weighted by atomic mass is 35.5. The van der Waals surface area contributed by atoms with Crippen molar-refractivity contribution in [3.8, 4) is 5.88 Å². The van der Waals surface area contributed by atoms with Crippen LogP contribution in [0.25, 0.3) is 5.57 Å². The van der Waals surface area contributed by atoms with E-state index < -0.39 is 0 Å². The van der Waals surface area contributed by atoms with Crippen LogP contribution in [0.15, 0.2) is 36.4 Å². The van der Waals surface area contributed by atoms with Crippen LogP contribution in [0.1, 0.15) is 60.4 Å². The van der Waals surface area contributed by atoms with E-state index in [4.69, 9.17) is 26.1 Å². The van der Waals surface area contributed by atoms with Gasteiger partial charge in [-0.05, 0) is 54.9 Å². The summed E-state index contributed by atoms with van der Waals surface area (Å²) in [5, 5.41) is 0.584. The number of carbonyl (C=O) groups excluding carboxylic acids is 2. The molecule has 2 fully saturated rings. The van der Waals surface area contributed by atoms with Gasteiger partial charge in [0.25, 0.3) is 0 Å². The Kier molecular flexibility index (Phi) is 7.33. The van der Waals surface area contributed by atoms with Crippen molar-refractivity contribution in [2.24, 2.45) is 0 Å². The summed E-state index contributed by atoms with van der Waals surface area (Å²) in [5.41, 5.74) is 4.61. The van der Waals surface area contributed by atoms with Gasteiger partial charge in [0.15, 0.2) is 0 Å². The Morgan fingerprint density at radius 2 is 2.06 bits per heavy atom. The molecular formula is C26H29ClN2O4. The molecule has 174 valence electrons. The first-order valence-corrected chi connectivity index (χ1v) is 11.8. The van der Waals surface area contributed by atoms with Crippen molar-refractivity contribution in [1.82, 2.24) is 9.88 Å². The number of rotatable bonds is 9. The van der Waals surface area contributed by atoms with Crippen molar-refractivity contribution in [2.75, 3.05) is 27.3 Å². The molecule has 0 unspecified atom stereocenters. The van der Waals surface area contributed by atoms with Crippen LogP contribution < -0.4 is 4.74 Å². The van der Waals surface area contributed by atoms with Crippen LogP contribution in [0.3, 0.4) is 0 Å². The van der Waals surface area contributed by atoms with Gasteiger partial charge in [0.05, 0.1) is 19.9 Å². The Morgan fingerprint density at radius 3 is 2.70 bits per heavy atom. The van der Waals surface area contributed by atoms with Crippen LogP contribution in [0.4, 0.5) is 0 Å². The minimum Gasteiger partial charge on any atom is -0.481 e. The molecule has 2 heterocycles. The lowest BCUT2D eigenvalue weighted by Gasteiger charge is -2.16. The lowest BCUT2D eigenvalue weighted by atomic mass is 9.98. The number of ether oxygens (including phenoxy) is 2. The predicted molar refractivity (Wildman–Crippen MR) is 127 cm³/mol. The summed E-state index contributed by atoms with van der Waals surface area (Å²) in [6.07, 6.45) is 6.66. The molecular weight excluding hydrogens is 440 g/mol. The maximum atomic E-state index is 12.1. The fourth-order valence-corrected chi connectivity index (χ4v) is 4.47. The van der Waals surface area contributed by atoms with Gasteiger partial charge >= 0.3 is 5.97 Å². The summed E-state index contributed by atoms with van der Waals surface area (Å²) < 4.78 is 10.3. The number of benzene rings is 1. The van der Waals surface area contributed by atoms with E-state index in [1.165, 1.54) is 20.0 Å². The minimum absolute atomic E-state index is 0.177. The number of carbonyl (C=O) groups is 2. The Labute approximate surface area is 199 Å². The molecule has 0 bridgehead atoms. The van der Waals surface area contributed by atoms with Gasteiger partial charge in [0.2, 0.25) is 11.8 Å². The third-order valence-electron chi connectivity index (χ3n) is 6.25. The van der Waals surface area contributed by atoms with Crippen molar-refractivity contribution in [3.63, 3.8) is 0 Å². The normalized spacial score (nSPS) is 16.3. The quantitative estimate of drug-likeness (QED) is 0.495. The summed E-state index contributed by atoms with van der Waals surface area (Å²) in [6, 6.07) is 9.94. The molecule has 1 saturated carbocycles. The van der Waals surface area contributed by atoms with Gasteiger partial charge in [-0.25, -0.2) is 4.98 Å². The highest BCUT2D eigenvalue weighted by Crippen LogP contribution is 2.44. The lowest BCUT2D eigenvalue weighted by molar-refractivity contribution is -0.140. The van der Waals surface area contributed by atoms with Gasteiger partial charge in [-0.2, -0.15) is 0 Å². The average molecular weight is 469 g/mol. The lowest BCUT2D eigenvalue weighted by Crippen LogP contribution is -2.24. The standard InChI is InChI=1S/C26H29ClN2O4/c1-32-25(31)12-9-18-7-8-19(16-22(18)27)20(13-15-29-14-3-4-24(29)30)23-11-10-21(17-5-6-17)26(28-23)33-2/h7-8,10-11,13,16-17H,3-6,9,12,14-15H2,1-2H3/b20-13+. The van der Waals surface area contributed by atoms with Crippen molar-refractivity contribution in [1.29, 1.82) is 0 Å². The minimum atomic E-state index is -0.266. The van der Waals surface area contributed by atoms with Crippen molar-refractivity contribution in [2.45, 2.75) is 44.4 Å². The second kappa shape index (κ2) is 10.4. The van der Waals surface area contributed by atoms with Gasteiger partial charge in [-0.15, -0.1) is 0 Å². The maximum Gasteiger partial charge on any atom is 0.305 e. The third-order valence-corrected chi connectivity index (χ3v) is 6.61. The molecule has 33 heavy (non-hydrogen) atoms. The molecule has 4 rings (SSSR count). The molecule has 1 amide bonds. The summed E-state index contributed by atoms with van der Waals surface area (Å²) in [4.78, 5) is 30.3. The van der Waals surface area contributed by atoms with Crippen molar-refractivity contribution in [3.05, 3.63) is 63.8 Å². The number of esters is 1. The molecule has 1 saturated heterocycles. The molecule has 2 aliphatic rings. The number of aromatic nitrogens is 1.